The third-order valence-electron chi connectivity index (χ3n) is 3.67. The van der Waals surface area contributed by atoms with E-state index in [-0.39, 0.29) is 17.4 Å². The van der Waals surface area contributed by atoms with Gasteiger partial charge in [-0.15, -0.1) is 0 Å². The van der Waals surface area contributed by atoms with E-state index in [9.17, 15) is 9.18 Å². The second-order valence-electron chi connectivity index (χ2n) is 5.60. The second kappa shape index (κ2) is 8.51. The average Bonchev–Trinajstić information content (AvgIpc) is 2.66. The van der Waals surface area contributed by atoms with Crippen molar-refractivity contribution in [3.8, 4) is 17.4 Å². The molecule has 3 rings (SSSR count). The smallest absolute Gasteiger partial charge is 0.228 e. The summed E-state index contributed by atoms with van der Waals surface area (Å²) in [6.07, 6.45) is 1.51. The summed E-state index contributed by atoms with van der Waals surface area (Å²) in [5, 5.41) is 2.92. The van der Waals surface area contributed by atoms with Gasteiger partial charge in [-0.25, -0.2) is 9.37 Å². The fraction of sp³-hybridized carbons (Fsp3) is 0.100. The molecule has 1 N–H and O–H groups in total. The number of carbonyl (C=O) groups is 1. The number of ether oxygens (including phenoxy) is 2. The Labute approximate surface area is 160 Å². The van der Waals surface area contributed by atoms with Crippen LogP contribution in [0, 0.1) is 5.82 Å². The van der Waals surface area contributed by atoms with Crippen LogP contribution in [0.15, 0.2) is 60.8 Å². The zero-order valence-corrected chi connectivity index (χ0v) is 15.2. The van der Waals surface area contributed by atoms with Gasteiger partial charge < -0.3 is 14.8 Å². The molecule has 1 aromatic heterocycles. The van der Waals surface area contributed by atoms with Crippen LogP contribution >= 0.6 is 11.6 Å². The number of benzene rings is 2. The molecule has 138 valence electrons. The van der Waals surface area contributed by atoms with Crippen LogP contribution < -0.4 is 14.8 Å². The highest BCUT2D eigenvalue weighted by molar-refractivity contribution is 6.31. The molecule has 0 bridgehead atoms. The van der Waals surface area contributed by atoms with Crippen LogP contribution in [0.2, 0.25) is 5.02 Å². The van der Waals surface area contributed by atoms with Crippen LogP contribution in [-0.4, -0.2) is 18.0 Å². The van der Waals surface area contributed by atoms with Crippen molar-refractivity contribution in [1.82, 2.24) is 4.98 Å². The molecule has 0 saturated carbocycles. The van der Waals surface area contributed by atoms with Crippen molar-refractivity contribution in [3.05, 3.63) is 77.2 Å². The van der Waals surface area contributed by atoms with E-state index in [0.29, 0.717) is 28.6 Å². The molecule has 1 amide bonds. The maximum Gasteiger partial charge on any atom is 0.228 e. The minimum atomic E-state index is -0.445. The number of hydrogen-bond acceptors (Lipinski definition) is 4. The predicted molar refractivity (Wildman–Crippen MR) is 101 cm³/mol. The molecule has 7 heteroatoms. The number of rotatable bonds is 6. The SMILES string of the molecule is COc1ccccc1Oc1ccc(NC(=O)Cc2ccc(F)cc2Cl)cn1. The van der Waals surface area contributed by atoms with Gasteiger partial charge in [-0.05, 0) is 35.9 Å². The number of carbonyl (C=O) groups excluding carboxylic acids is 1. The van der Waals surface area contributed by atoms with E-state index < -0.39 is 5.82 Å². The van der Waals surface area contributed by atoms with Crippen LogP contribution in [0.4, 0.5) is 10.1 Å². The molecule has 0 saturated heterocycles. The first-order valence-electron chi connectivity index (χ1n) is 8.06. The van der Waals surface area contributed by atoms with E-state index in [4.69, 9.17) is 21.1 Å². The maximum absolute atomic E-state index is 13.1. The number of nitrogens with zero attached hydrogens (tertiary/aromatic N) is 1. The van der Waals surface area contributed by atoms with E-state index >= 15 is 0 Å². The lowest BCUT2D eigenvalue weighted by Gasteiger charge is -2.10. The summed E-state index contributed by atoms with van der Waals surface area (Å²) in [6.45, 7) is 0. The van der Waals surface area contributed by atoms with Gasteiger partial charge in [0.2, 0.25) is 11.8 Å². The fourth-order valence-corrected chi connectivity index (χ4v) is 2.61. The van der Waals surface area contributed by atoms with Crippen molar-refractivity contribution in [2.45, 2.75) is 6.42 Å². The lowest BCUT2D eigenvalue weighted by atomic mass is 10.1. The van der Waals surface area contributed by atoms with Gasteiger partial charge in [-0.2, -0.15) is 0 Å². The number of methoxy groups -OCH3 is 1. The van der Waals surface area contributed by atoms with Crippen LogP contribution in [0.25, 0.3) is 0 Å². The summed E-state index contributed by atoms with van der Waals surface area (Å²) in [7, 11) is 1.56. The molecule has 1 heterocycles. The monoisotopic (exact) mass is 386 g/mol. The van der Waals surface area contributed by atoms with Crippen molar-refractivity contribution in [1.29, 1.82) is 0 Å². The topological polar surface area (TPSA) is 60.5 Å². The molecule has 2 aromatic carbocycles. The lowest BCUT2D eigenvalue weighted by molar-refractivity contribution is -0.115. The van der Waals surface area contributed by atoms with E-state index in [1.807, 2.05) is 12.1 Å². The standard InChI is InChI=1S/C20H16ClFN2O3/c1-26-17-4-2-3-5-18(17)27-20-9-8-15(12-23-20)24-19(25)10-13-6-7-14(22)11-16(13)21/h2-9,11-12H,10H2,1H3,(H,24,25). The Kier molecular flexibility index (Phi) is 5.88. The number of aromatic nitrogens is 1. The Bertz CT molecular complexity index is 948. The first-order chi connectivity index (χ1) is 13.0. The van der Waals surface area contributed by atoms with Crippen molar-refractivity contribution in [2.24, 2.45) is 0 Å². The lowest BCUT2D eigenvalue weighted by Crippen LogP contribution is -2.14. The number of hydrogen-bond donors (Lipinski definition) is 1. The first-order valence-corrected chi connectivity index (χ1v) is 8.43. The highest BCUT2D eigenvalue weighted by Crippen LogP contribution is 2.30. The van der Waals surface area contributed by atoms with Crippen LogP contribution in [0.1, 0.15) is 5.56 Å². The predicted octanol–water partition coefficient (Wildman–Crippen LogP) is 4.86. The highest BCUT2D eigenvalue weighted by Gasteiger charge is 2.10. The summed E-state index contributed by atoms with van der Waals surface area (Å²) in [6, 6.07) is 14.4. The molecule has 27 heavy (non-hydrogen) atoms. The third-order valence-corrected chi connectivity index (χ3v) is 4.02. The number of anilines is 1. The van der Waals surface area contributed by atoms with Crippen LogP contribution in [-0.2, 0) is 11.2 Å². The van der Waals surface area contributed by atoms with E-state index in [1.165, 1.54) is 24.4 Å². The number of amides is 1. The molecule has 0 aliphatic heterocycles. The number of halogens is 2. The zero-order valence-electron chi connectivity index (χ0n) is 14.4. The van der Waals surface area contributed by atoms with Crippen molar-refractivity contribution in [3.63, 3.8) is 0 Å². The summed E-state index contributed by atoms with van der Waals surface area (Å²) in [5.74, 6) is 0.755. The van der Waals surface area contributed by atoms with E-state index in [1.54, 1.807) is 31.4 Å². The van der Waals surface area contributed by atoms with Gasteiger partial charge in [0.05, 0.1) is 25.4 Å². The number of nitrogens with one attached hydrogen (secondary N) is 1. The molecule has 0 aliphatic rings. The molecule has 0 atom stereocenters. The Morgan fingerprint density at radius 2 is 1.93 bits per heavy atom. The molecule has 0 spiro atoms. The van der Waals surface area contributed by atoms with Crippen LogP contribution in [0.5, 0.6) is 17.4 Å². The van der Waals surface area contributed by atoms with Gasteiger partial charge in [-0.3, -0.25) is 4.79 Å². The molecular weight excluding hydrogens is 371 g/mol. The molecule has 3 aromatic rings. The van der Waals surface area contributed by atoms with Gasteiger partial charge in [0.15, 0.2) is 11.5 Å². The summed E-state index contributed by atoms with van der Waals surface area (Å²) in [4.78, 5) is 16.3. The van der Waals surface area contributed by atoms with Gasteiger partial charge in [0.1, 0.15) is 5.82 Å². The largest absolute Gasteiger partial charge is 0.493 e. The fourth-order valence-electron chi connectivity index (χ4n) is 2.37. The summed E-state index contributed by atoms with van der Waals surface area (Å²) in [5.41, 5.74) is 1.05. The average molecular weight is 387 g/mol. The number of para-hydroxylation sites is 2. The number of pyridine rings is 1. The van der Waals surface area contributed by atoms with Gasteiger partial charge in [0, 0.05) is 11.1 Å². The summed E-state index contributed by atoms with van der Waals surface area (Å²) < 4.78 is 24.0. The Hall–Kier alpha value is -3.12. The Morgan fingerprint density at radius 3 is 2.59 bits per heavy atom. The van der Waals surface area contributed by atoms with Crippen LogP contribution in [0.3, 0.4) is 0 Å². The molecule has 0 radical (unpaired) electrons. The quantitative estimate of drug-likeness (QED) is 0.657. The van der Waals surface area contributed by atoms with Gasteiger partial charge in [-0.1, -0.05) is 29.8 Å². The Morgan fingerprint density at radius 1 is 1.15 bits per heavy atom. The first kappa shape index (κ1) is 18.7. The zero-order chi connectivity index (χ0) is 19.2. The third kappa shape index (κ3) is 4.95. The molecule has 5 nitrogen and oxygen atoms in total. The Balaban J connectivity index is 1.62. The molecular formula is C20H16ClFN2O3. The van der Waals surface area contributed by atoms with Gasteiger partial charge >= 0.3 is 0 Å². The maximum atomic E-state index is 13.1. The second-order valence-corrected chi connectivity index (χ2v) is 6.01. The van der Waals surface area contributed by atoms with Crippen molar-refractivity contribution >= 4 is 23.2 Å². The molecule has 0 aliphatic carbocycles. The van der Waals surface area contributed by atoms with E-state index in [2.05, 4.69) is 10.3 Å². The van der Waals surface area contributed by atoms with E-state index in [0.717, 1.165) is 0 Å². The minimum Gasteiger partial charge on any atom is -0.493 e. The normalized spacial score (nSPS) is 10.3. The molecule has 0 unspecified atom stereocenters. The highest BCUT2D eigenvalue weighted by atomic mass is 35.5. The van der Waals surface area contributed by atoms with Gasteiger partial charge in [0.25, 0.3) is 0 Å². The minimum absolute atomic E-state index is 0.0264. The molecule has 0 fully saturated rings. The van der Waals surface area contributed by atoms with Crippen molar-refractivity contribution in [2.75, 3.05) is 12.4 Å². The summed E-state index contributed by atoms with van der Waals surface area (Å²) >= 11 is 5.94. The van der Waals surface area contributed by atoms with Crippen molar-refractivity contribution < 1.29 is 18.7 Å².